The summed E-state index contributed by atoms with van der Waals surface area (Å²) in [6.07, 6.45) is -0.573. The van der Waals surface area contributed by atoms with Crippen molar-refractivity contribution in [2.45, 2.75) is 26.3 Å². The van der Waals surface area contributed by atoms with Crippen LogP contribution < -0.4 is 0 Å². The molecule has 0 bridgehead atoms. The molecule has 3 aromatic rings. The predicted octanol–water partition coefficient (Wildman–Crippen LogP) is 0.141. The molecule has 0 fully saturated rings. The fourth-order valence-corrected chi connectivity index (χ4v) is 7.05. The average molecular weight is 529 g/mol. The molecular formula is C14H12N2O12S4. The maximum absolute atomic E-state index is 12.1. The molecule has 0 spiro atoms. The predicted molar refractivity (Wildman–Crippen MR) is 105 cm³/mol. The summed E-state index contributed by atoms with van der Waals surface area (Å²) in [4.78, 5) is -0.179. The molecule has 18 heteroatoms. The average Bonchev–Trinajstić information content (AvgIpc) is 3.04. The lowest BCUT2D eigenvalue weighted by molar-refractivity contribution is 0.456. The van der Waals surface area contributed by atoms with Gasteiger partial charge in [0.1, 0.15) is 14.7 Å². The summed E-state index contributed by atoms with van der Waals surface area (Å²) in [5, 5.41) is -1.33. The number of rotatable bonds is 6. The summed E-state index contributed by atoms with van der Waals surface area (Å²) >= 11 is 0. The first-order valence-electron chi connectivity index (χ1n) is 7.95. The van der Waals surface area contributed by atoms with Gasteiger partial charge in [0.2, 0.25) is 0 Å². The number of imidazole rings is 1. The van der Waals surface area contributed by atoms with Crippen LogP contribution in [-0.2, 0) is 46.9 Å². The molecule has 0 radical (unpaired) electrons. The van der Waals surface area contributed by atoms with Crippen LogP contribution in [0.15, 0.2) is 50.2 Å². The van der Waals surface area contributed by atoms with Crippen molar-refractivity contribution in [2.24, 2.45) is 0 Å². The van der Waals surface area contributed by atoms with Crippen molar-refractivity contribution in [3.05, 3.63) is 41.5 Å². The summed E-state index contributed by atoms with van der Waals surface area (Å²) in [6.45, 7) is 0. The molecule has 3 rings (SSSR count). The first kappa shape index (κ1) is 24.2. The molecule has 32 heavy (non-hydrogen) atoms. The molecular weight excluding hydrogens is 516 g/mol. The number of aromatic amines is 1. The molecule has 5 N–H and O–H groups in total. The van der Waals surface area contributed by atoms with E-state index in [0.717, 1.165) is 0 Å². The number of H-pyrrole nitrogens is 1. The standard InChI is InChI=1S/C14H12N2O12S4/c17-29(18,19)11-8(6-7-4-2-1-3-5-7)9-10(16-14(15-9)32(26,27)28)12(30(20,21)22)13(11)31(23,24)25/h1-5H,6H2,(H,15,16)(H,17,18,19)(H,20,21,22)(H,23,24,25)(H,26,27,28). The second-order valence-corrected chi connectivity index (χ2v) is 11.7. The van der Waals surface area contributed by atoms with Crippen molar-refractivity contribution < 1.29 is 51.9 Å². The van der Waals surface area contributed by atoms with Crippen molar-refractivity contribution >= 4 is 51.5 Å². The molecule has 0 unspecified atom stereocenters. The van der Waals surface area contributed by atoms with Gasteiger partial charge in [-0.15, -0.1) is 0 Å². The lowest BCUT2D eigenvalue weighted by Crippen LogP contribution is -2.18. The minimum atomic E-state index is -5.80. The van der Waals surface area contributed by atoms with Crippen LogP contribution in [0.4, 0.5) is 0 Å². The molecule has 1 heterocycles. The second kappa shape index (κ2) is 7.56. The minimum absolute atomic E-state index is 0.260. The lowest BCUT2D eigenvalue weighted by Gasteiger charge is -2.15. The van der Waals surface area contributed by atoms with Crippen molar-refractivity contribution in [3.8, 4) is 0 Å². The fraction of sp³-hybridized carbons (Fsp3) is 0.0714. The van der Waals surface area contributed by atoms with Crippen molar-refractivity contribution in [1.82, 2.24) is 9.97 Å². The Labute approximate surface area is 180 Å². The number of benzene rings is 2. The van der Waals surface area contributed by atoms with Gasteiger partial charge in [0.25, 0.3) is 35.5 Å². The third-order valence-corrected chi connectivity index (χ3v) is 7.88. The maximum Gasteiger partial charge on any atom is 0.328 e. The van der Waals surface area contributed by atoms with E-state index in [4.69, 9.17) is 0 Å². The summed E-state index contributed by atoms with van der Waals surface area (Å²) in [5.74, 6) is 0. The highest BCUT2D eigenvalue weighted by molar-refractivity contribution is 7.90. The number of aromatic nitrogens is 2. The quantitative estimate of drug-likeness (QED) is 0.267. The van der Waals surface area contributed by atoms with E-state index in [0.29, 0.717) is 0 Å². The number of nitrogens with zero attached hydrogens (tertiary/aromatic N) is 1. The van der Waals surface area contributed by atoms with Crippen LogP contribution >= 0.6 is 0 Å². The van der Waals surface area contributed by atoms with Crippen LogP contribution in [0.3, 0.4) is 0 Å². The first-order valence-corrected chi connectivity index (χ1v) is 13.7. The van der Waals surface area contributed by atoms with Gasteiger partial charge in [-0.2, -0.15) is 33.7 Å². The topological polar surface area (TPSA) is 246 Å². The number of hydrogen-bond acceptors (Lipinski definition) is 9. The van der Waals surface area contributed by atoms with E-state index >= 15 is 0 Å². The number of nitrogens with one attached hydrogen (secondary N) is 1. The smallest absolute Gasteiger partial charge is 0.325 e. The van der Waals surface area contributed by atoms with Gasteiger partial charge in [-0.3, -0.25) is 18.2 Å². The molecule has 0 amide bonds. The highest BCUT2D eigenvalue weighted by Gasteiger charge is 2.39. The van der Waals surface area contributed by atoms with Gasteiger partial charge in [-0.1, -0.05) is 30.3 Å². The van der Waals surface area contributed by atoms with Crippen LogP contribution in [0.1, 0.15) is 11.1 Å². The van der Waals surface area contributed by atoms with Crippen LogP contribution in [0.5, 0.6) is 0 Å². The van der Waals surface area contributed by atoms with Gasteiger partial charge in [0.05, 0.1) is 11.0 Å². The molecule has 0 saturated carbocycles. The van der Waals surface area contributed by atoms with Gasteiger partial charge in [-0.25, -0.2) is 4.98 Å². The van der Waals surface area contributed by atoms with E-state index in [1.165, 1.54) is 24.3 Å². The van der Waals surface area contributed by atoms with E-state index < -0.39 is 83.3 Å². The van der Waals surface area contributed by atoms with Crippen molar-refractivity contribution in [1.29, 1.82) is 0 Å². The Kier molecular flexibility index (Phi) is 5.71. The van der Waals surface area contributed by atoms with Crippen molar-refractivity contribution in [2.75, 3.05) is 0 Å². The Hall–Kier alpha value is -2.45. The maximum atomic E-state index is 12.1. The van der Waals surface area contributed by atoms with Gasteiger partial charge in [0.15, 0.2) is 0 Å². The molecule has 174 valence electrons. The van der Waals surface area contributed by atoms with Gasteiger partial charge in [-0.05, 0) is 5.56 Å². The van der Waals surface area contributed by atoms with Gasteiger partial charge < -0.3 is 4.98 Å². The SMILES string of the molecule is O=S(=O)(O)c1nc2c(Cc3ccccc3)c(S(=O)(=O)O)c(S(=O)(=O)O)c(S(=O)(=O)O)c2[nH]1. The fourth-order valence-electron chi connectivity index (χ4n) is 3.03. The highest BCUT2D eigenvalue weighted by Crippen LogP contribution is 2.39. The zero-order valence-electron chi connectivity index (χ0n) is 15.2. The number of hydrogen-bond donors (Lipinski definition) is 5. The Morgan fingerprint density at radius 3 is 1.62 bits per heavy atom. The lowest BCUT2D eigenvalue weighted by atomic mass is 10.0. The second-order valence-electron chi connectivity index (χ2n) is 6.29. The Bertz CT molecular complexity index is 1670. The Morgan fingerprint density at radius 2 is 1.19 bits per heavy atom. The van der Waals surface area contributed by atoms with Crippen LogP contribution in [0.2, 0.25) is 0 Å². The normalized spacial score (nSPS) is 13.5. The zero-order valence-corrected chi connectivity index (χ0v) is 18.5. The van der Waals surface area contributed by atoms with E-state index in [2.05, 4.69) is 4.98 Å². The largest absolute Gasteiger partial charge is 0.328 e. The van der Waals surface area contributed by atoms with E-state index in [9.17, 15) is 51.9 Å². The molecule has 2 aromatic carbocycles. The highest BCUT2D eigenvalue weighted by atomic mass is 32.2. The Balaban J connectivity index is 2.74. The van der Waals surface area contributed by atoms with Crippen LogP contribution in [0, 0.1) is 0 Å². The molecule has 0 saturated heterocycles. The molecule has 0 aliphatic heterocycles. The summed E-state index contributed by atoms with van der Waals surface area (Å²) < 4.78 is 133. The van der Waals surface area contributed by atoms with E-state index in [-0.39, 0.29) is 5.56 Å². The molecule has 0 aliphatic rings. The molecule has 0 atom stereocenters. The first-order chi connectivity index (χ1) is 14.4. The summed E-state index contributed by atoms with van der Waals surface area (Å²) in [7, 11) is -22.3. The van der Waals surface area contributed by atoms with E-state index in [1.54, 1.807) is 11.1 Å². The summed E-state index contributed by atoms with van der Waals surface area (Å²) in [6, 6.07) is 7.38. The monoisotopic (exact) mass is 528 g/mol. The van der Waals surface area contributed by atoms with Crippen LogP contribution in [0.25, 0.3) is 11.0 Å². The Morgan fingerprint density at radius 1 is 0.688 bits per heavy atom. The third kappa shape index (κ3) is 4.52. The molecule has 0 aliphatic carbocycles. The van der Waals surface area contributed by atoms with Crippen LogP contribution in [-0.4, -0.2) is 61.9 Å². The molecule has 1 aromatic heterocycles. The molecule has 14 nitrogen and oxygen atoms in total. The third-order valence-electron chi connectivity index (χ3n) is 4.12. The summed E-state index contributed by atoms with van der Waals surface area (Å²) in [5.41, 5.74) is -2.39. The minimum Gasteiger partial charge on any atom is -0.325 e. The number of fused-ring (bicyclic) bond motifs is 1. The van der Waals surface area contributed by atoms with Gasteiger partial charge >= 0.3 is 10.1 Å². The van der Waals surface area contributed by atoms with E-state index in [1.807, 2.05) is 0 Å². The zero-order chi connectivity index (χ0) is 24.3. The van der Waals surface area contributed by atoms with Gasteiger partial charge in [0, 0.05) is 12.0 Å². The van der Waals surface area contributed by atoms with Crippen molar-refractivity contribution in [3.63, 3.8) is 0 Å².